The fraction of sp³-hybridized carbons (Fsp3) is 0.714. The Bertz CT molecular complexity index is 691. The van der Waals surface area contributed by atoms with Crippen LogP contribution in [0.3, 0.4) is 0 Å². The highest BCUT2D eigenvalue weighted by Gasteiger charge is 2.34. The molecule has 1 aromatic rings. The maximum absolute atomic E-state index is 12.5. The summed E-state index contributed by atoms with van der Waals surface area (Å²) < 4.78 is 48.9. The molecule has 0 aliphatic carbocycles. The SMILES string of the molecule is CN=C(NCc1nc(C)cs1)NCC1CCN(S(=O)(=O)C(F)F)CC1.I. The first-order chi connectivity index (χ1) is 11.8. The molecule has 12 heteroatoms. The van der Waals surface area contributed by atoms with Gasteiger partial charge in [0.25, 0.3) is 10.0 Å². The van der Waals surface area contributed by atoms with Crippen molar-refractivity contribution in [3.05, 3.63) is 16.1 Å². The Kier molecular flexibility index (Phi) is 9.61. The van der Waals surface area contributed by atoms with Crippen LogP contribution in [0.1, 0.15) is 23.5 Å². The quantitative estimate of drug-likeness (QED) is 0.339. The van der Waals surface area contributed by atoms with Gasteiger partial charge in [0.2, 0.25) is 0 Å². The lowest BCUT2D eigenvalue weighted by molar-refractivity contribution is 0.204. The zero-order chi connectivity index (χ0) is 18.4. The number of aromatic nitrogens is 1. The topological polar surface area (TPSA) is 86.7 Å². The van der Waals surface area contributed by atoms with Crippen molar-refractivity contribution in [3.8, 4) is 0 Å². The number of nitrogens with zero attached hydrogens (tertiary/aromatic N) is 3. The summed E-state index contributed by atoms with van der Waals surface area (Å²) in [5, 5.41) is 9.30. The summed E-state index contributed by atoms with van der Waals surface area (Å²) in [5.74, 6) is -2.50. The highest BCUT2D eigenvalue weighted by Crippen LogP contribution is 2.22. The minimum Gasteiger partial charge on any atom is -0.356 e. The van der Waals surface area contributed by atoms with Gasteiger partial charge in [-0.2, -0.15) is 13.1 Å². The van der Waals surface area contributed by atoms with Crippen LogP contribution in [0, 0.1) is 12.8 Å². The van der Waals surface area contributed by atoms with E-state index in [-0.39, 0.29) is 43.0 Å². The molecule has 1 aliphatic rings. The van der Waals surface area contributed by atoms with Crippen LogP contribution in [0.5, 0.6) is 0 Å². The normalized spacial score (nSPS) is 17.2. The summed E-state index contributed by atoms with van der Waals surface area (Å²) in [6.45, 7) is 3.38. The summed E-state index contributed by atoms with van der Waals surface area (Å²) in [4.78, 5) is 8.50. The number of aryl methyl sites for hydroxylation is 1. The van der Waals surface area contributed by atoms with Gasteiger partial charge in [0, 0.05) is 37.8 Å². The van der Waals surface area contributed by atoms with Crippen LogP contribution < -0.4 is 10.6 Å². The van der Waals surface area contributed by atoms with Gasteiger partial charge in [-0.05, 0) is 25.7 Å². The highest BCUT2D eigenvalue weighted by molar-refractivity contribution is 14.0. The summed E-state index contributed by atoms with van der Waals surface area (Å²) in [6, 6.07) is 0. The number of halogens is 3. The molecule has 2 N–H and O–H groups in total. The number of hydrogen-bond donors (Lipinski definition) is 2. The molecule has 0 aromatic carbocycles. The van der Waals surface area contributed by atoms with Crippen molar-refractivity contribution >= 4 is 51.3 Å². The fourth-order valence-corrected chi connectivity index (χ4v) is 4.24. The largest absolute Gasteiger partial charge is 0.356 e. The number of hydrogen-bond acceptors (Lipinski definition) is 5. The minimum absolute atomic E-state index is 0. The molecule has 0 spiro atoms. The average molecular weight is 523 g/mol. The molecule has 1 aromatic heterocycles. The van der Waals surface area contributed by atoms with E-state index in [4.69, 9.17) is 0 Å². The number of thiazole rings is 1. The Morgan fingerprint density at radius 3 is 2.58 bits per heavy atom. The van der Waals surface area contributed by atoms with E-state index in [1.807, 2.05) is 12.3 Å². The van der Waals surface area contributed by atoms with Crippen molar-refractivity contribution in [1.29, 1.82) is 0 Å². The Balaban J connectivity index is 0.00000338. The monoisotopic (exact) mass is 523 g/mol. The lowest BCUT2D eigenvalue weighted by Crippen LogP contribution is -2.45. The summed E-state index contributed by atoms with van der Waals surface area (Å²) in [6.07, 6.45) is 1.09. The van der Waals surface area contributed by atoms with E-state index in [1.165, 1.54) is 0 Å². The standard InChI is InChI=1S/C14H23F2N5O2S2.HI/c1-10-9-24-12(20-10)8-19-14(17-2)18-7-11-3-5-21(6-4-11)25(22,23)13(15)16;/h9,11,13H,3-8H2,1-2H3,(H2,17,18,19);1H. The molecule has 1 saturated heterocycles. The molecule has 0 bridgehead atoms. The van der Waals surface area contributed by atoms with Gasteiger partial charge in [0.05, 0.1) is 6.54 Å². The molecule has 0 amide bonds. The second-order valence-corrected chi connectivity index (χ2v) is 8.68. The number of rotatable bonds is 6. The van der Waals surface area contributed by atoms with E-state index in [1.54, 1.807) is 18.4 Å². The maximum atomic E-state index is 12.5. The van der Waals surface area contributed by atoms with Gasteiger partial charge in [-0.1, -0.05) is 0 Å². The van der Waals surface area contributed by atoms with Gasteiger partial charge in [-0.3, -0.25) is 4.99 Å². The third-order valence-electron chi connectivity index (χ3n) is 4.01. The summed E-state index contributed by atoms with van der Waals surface area (Å²) >= 11 is 1.57. The smallest absolute Gasteiger partial charge is 0.350 e. The second-order valence-electron chi connectivity index (χ2n) is 5.84. The van der Waals surface area contributed by atoms with Gasteiger partial charge < -0.3 is 10.6 Å². The van der Waals surface area contributed by atoms with Crippen LogP contribution in [0.15, 0.2) is 10.4 Å². The van der Waals surface area contributed by atoms with Crippen molar-refractivity contribution in [2.45, 2.75) is 32.1 Å². The first kappa shape index (κ1) is 23.4. The van der Waals surface area contributed by atoms with Crippen molar-refractivity contribution in [2.24, 2.45) is 10.9 Å². The van der Waals surface area contributed by atoms with E-state index < -0.39 is 15.8 Å². The second kappa shape index (κ2) is 10.7. The fourth-order valence-electron chi connectivity index (χ4n) is 2.59. The van der Waals surface area contributed by atoms with Gasteiger partial charge in [-0.15, -0.1) is 35.3 Å². The lowest BCUT2D eigenvalue weighted by atomic mass is 9.98. The van der Waals surface area contributed by atoms with E-state index in [2.05, 4.69) is 20.6 Å². The molecule has 26 heavy (non-hydrogen) atoms. The molecular weight excluding hydrogens is 499 g/mol. The molecule has 0 radical (unpaired) electrons. The summed E-state index contributed by atoms with van der Waals surface area (Å²) in [5.41, 5.74) is 0.982. The van der Waals surface area contributed by atoms with Gasteiger partial charge in [0.15, 0.2) is 5.96 Å². The molecule has 7 nitrogen and oxygen atoms in total. The maximum Gasteiger partial charge on any atom is 0.350 e. The number of aliphatic imine (C=N–C) groups is 1. The van der Waals surface area contributed by atoms with E-state index in [0.717, 1.165) is 15.0 Å². The van der Waals surface area contributed by atoms with Crippen molar-refractivity contribution < 1.29 is 17.2 Å². The Labute approximate surface area is 173 Å². The molecule has 0 saturated carbocycles. The number of piperidine rings is 1. The first-order valence-corrected chi connectivity index (χ1v) is 10.3. The number of nitrogens with one attached hydrogen (secondary N) is 2. The molecule has 2 heterocycles. The molecule has 2 rings (SSSR count). The van der Waals surface area contributed by atoms with E-state index in [9.17, 15) is 17.2 Å². The molecule has 1 fully saturated rings. The number of guanidine groups is 1. The Hall–Kier alpha value is -0.600. The lowest BCUT2D eigenvalue weighted by Gasteiger charge is -2.31. The third-order valence-corrected chi connectivity index (χ3v) is 6.52. The van der Waals surface area contributed by atoms with Gasteiger partial charge >= 0.3 is 5.76 Å². The Morgan fingerprint density at radius 1 is 1.42 bits per heavy atom. The van der Waals surface area contributed by atoms with Crippen molar-refractivity contribution in [2.75, 3.05) is 26.7 Å². The van der Waals surface area contributed by atoms with Crippen LogP contribution in [0.25, 0.3) is 0 Å². The molecule has 0 atom stereocenters. The third kappa shape index (κ3) is 6.53. The van der Waals surface area contributed by atoms with Crippen LogP contribution in [-0.4, -0.2) is 56.1 Å². The zero-order valence-electron chi connectivity index (χ0n) is 14.6. The molecule has 1 aliphatic heterocycles. The van der Waals surface area contributed by atoms with E-state index in [0.29, 0.717) is 31.9 Å². The van der Waals surface area contributed by atoms with Crippen LogP contribution in [0.4, 0.5) is 8.78 Å². The van der Waals surface area contributed by atoms with Gasteiger partial charge in [0.1, 0.15) is 5.01 Å². The van der Waals surface area contributed by atoms with Crippen LogP contribution in [-0.2, 0) is 16.6 Å². The zero-order valence-corrected chi connectivity index (χ0v) is 18.6. The highest BCUT2D eigenvalue weighted by atomic mass is 127. The predicted molar refractivity (Wildman–Crippen MR) is 110 cm³/mol. The number of alkyl halides is 2. The van der Waals surface area contributed by atoms with Gasteiger partial charge in [-0.25, -0.2) is 13.4 Å². The molecule has 0 unspecified atom stereocenters. The molecule has 150 valence electrons. The first-order valence-electron chi connectivity index (χ1n) is 7.95. The van der Waals surface area contributed by atoms with Crippen LogP contribution in [0.2, 0.25) is 0 Å². The predicted octanol–water partition coefficient (Wildman–Crippen LogP) is 2.00. The Morgan fingerprint density at radius 2 is 2.08 bits per heavy atom. The minimum atomic E-state index is -4.46. The van der Waals surface area contributed by atoms with Crippen molar-refractivity contribution in [3.63, 3.8) is 0 Å². The number of sulfonamides is 1. The van der Waals surface area contributed by atoms with E-state index >= 15 is 0 Å². The molecular formula is C14H24F2IN5O2S2. The van der Waals surface area contributed by atoms with Crippen molar-refractivity contribution in [1.82, 2.24) is 19.9 Å². The average Bonchev–Trinajstić information content (AvgIpc) is 3.00. The van der Waals surface area contributed by atoms with Crippen LogP contribution >= 0.6 is 35.3 Å². The summed E-state index contributed by atoms with van der Waals surface area (Å²) in [7, 11) is -2.79.